The van der Waals surface area contributed by atoms with Crippen molar-refractivity contribution in [2.24, 2.45) is 0 Å². The number of rotatable bonds is 3. The van der Waals surface area contributed by atoms with Crippen molar-refractivity contribution >= 4 is 39.7 Å². The summed E-state index contributed by atoms with van der Waals surface area (Å²) in [6.07, 6.45) is 0. The first kappa shape index (κ1) is 13.7. The van der Waals surface area contributed by atoms with E-state index in [0.29, 0.717) is 20.5 Å². The number of nitro groups is 1. The zero-order valence-corrected chi connectivity index (χ0v) is 12.1. The van der Waals surface area contributed by atoms with Gasteiger partial charge in [0.05, 0.1) is 8.49 Å². The molecule has 0 atom stereocenters. The first-order valence-electron chi connectivity index (χ1n) is 5.45. The van der Waals surface area contributed by atoms with Crippen LogP contribution in [0.25, 0.3) is 0 Å². The van der Waals surface area contributed by atoms with Crippen LogP contribution in [0.1, 0.15) is 5.56 Å². The van der Waals surface area contributed by atoms with Crippen LogP contribution in [0.3, 0.4) is 0 Å². The fourth-order valence-corrected chi connectivity index (χ4v) is 2.34. The summed E-state index contributed by atoms with van der Waals surface area (Å²) in [4.78, 5) is 10.3. The van der Waals surface area contributed by atoms with Crippen molar-refractivity contribution in [2.75, 3.05) is 5.32 Å². The molecule has 0 amide bonds. The van der Waals surface area contributed by atoms with Crippen LogP contribution >= 0.6 is 22.6 Å². The van der Waals surface area contributed by atoms with Gasteiger partial charge in [0, 0.05) is 23.0 Å². The van der Waals surface area contributed by atoms with Gasteiger partial charge in [0.2, 0.25) is 0 Å². The molecule has 1 N–H and O–H groups in total. The Balaban J connectivity index is 2.32. The highest BCUT2D eigenvalue weighted by Gasteiger charge is 2.12. The summed E-state index contributed by atoms with van der Waals surface area (Å²) in [7, 11) is 0. The quantitative estimate of drug-likeness (QED) is 0.494. The number of nitrogens with one attached hydrogen (secondary N) is 1. The van der Waals surface area contributed by atoms with Gasteiger partial charge in [-0.05, 0) is 53.8 Å². The topological polar surface area (TPSA) is 55.2 Å². The molecule has 0 fully saturated rings. The van der Waals surface area contributed by atoms with Crippen molar-refractivity contribution in [3.05, 3.63) is 61.5 Å². The summed E-state index contributed by atoms with van der Waals surface area (Å²) in [5.41, 5.74) is 1.89. The van der Waals surface area contributed by atoms with Gasteiger partial charge in [0.1, 0.15) is 5.82 Å². The Morgan fingerprint density at radius 3 is 2.68 bits per heavy atom. The normalized spacial score (nSPS) is 10.3. The summed E-state index contributed by atoms with van der Waals surface area (Å²) in [6.45, 7) is 1.67. The van der Waals surface area contributed by atoms with Gasteiger partial charge in [-0.25, -0.2) is 4.39 Å². The summed E-state index contributed by atoms with van der Waals surface area (Å²) >= 11 is 1.90. The van der Waals surface area contributed by atoms with Gasteiger partial charge in [-0.15, -0.1) is 0 Å². The van der Waals surface area contributed by atoms with Crippen LogP contribution in [0.5, 0.6) is 0 Å². The minimum Gasteiger partial charge on any atom is -0.355 e. The minimum absolute atomic E-state index is 0.0575. The van der Waals surface area contributed by atoms with E-state index < -0.39 is 4.92 Å². The van der Waals surface area contributed by atoms with Crippen molar-refractivity contribution in [1.29, 1.82) is 0 Å². The lowest BCUT2D eigenvalue weighted by molar-refractivity contribution is -0.385. The maximum atomic E-state index is 13.4. The fraction of sp³-hybridized carbons (Fsp3) is 0.0769. The Morgan fingerprint density at radius 1 is 1.32 bits per heavy atom. The van der Waals surface area contributed by atoms with Crippen LogP contribution in [0.4, 0.5) is 21.5 Å². The second kappa shape index (κ2) is 5.52. The highest BCUT2D eigenvalue weighted by Crippen LogP contribution is 2.27. The summed E-state index contributed by atoms with van der Waals surface area (Å²) in [5, 5.41) is 13.8. The van der Waals surface area contributed by atoms with E-state index in [2.05, 4.69) is 5.32 Å². The predicted molar refractivity (Wildman–Crippen MR) is 80.2 cm³/mol. The number of nitro benzene ring substituents is 1. The highest BCUT2D eigenvalue weighted by atomic mass is 127. The number of nitrogens with zero attached hydrogens (tertiary/aromatic N) is 1. The Labute approximate surface area is 122 Å². The average molecular weight is 372 g/mol. The van der Waals surface area contributed by atoms with Crippen LogP contribution in [-0.4, -0.2) is 4.92 Å². The number of hydrogen-bond donors (Lipinski definition) is 1. The van der Waals surface area contributed by atoms with Gasteiger partial charge >= 0.3 is 0 Å². The van der Waals surface area contributed by atoms with E-state index >= 15 is 0 Å². The molecule has 0 saturated heterocycles. The maximum absolute atomic E-state index is 13.4. The molecule has 2 aromatic carbocycles. The highest BCUT2D eigenvalue weighted by molar-refractivity contribution is 14.1. The van der Waals surface area contributed by atoms with Crippen LogP contribution in [0.15, 0.2) is 36.4 Å². The molecule has 0 aliphatic rings. The average Bonchev–Trinajstić information content (AvgIpc) is 2.34. The Kier molecular flexibility index (Phi) is 3.98. The van der Waals surface area contributed by atoms with E-state index in [1.54, 1.807) is 31.2 Å². The van der Waals surface area contributed by atoms with E-state index in [9.17, 15) is 14.5 Å². The molecule has 4 nitrogen and oxygen atoms in total. The third-order valence-corrected chi connectivity index (χ3v) is 3.56. The van der Waals surface area contributed by atoms with Gasteiger partial charge < -0.3 is 5.32 Å². The van der Waals surface area contributed by atoms with Gasteiger partial charge in [-0.1, -0.05) is 6.07 Å². The van der Waals surface area contributed by atoms with Crippen LogP contribution in [0.2, 0.25) is 0 Å². The first-order chi connectivity index (χ1) is 8.99. The van der Waals surface area contributed by atoms with Crippen molar-refractivity contribution in [2.45, 2.75) is 6.92 Å². The van der Waals surface area contributed by atoms with E-state index in [0.717, 1.165) is 0 Å². The molecule has 6 heteroatoms. The number of anilines is 2. The molecule has 2 aromatic rings. The predicted octanol–water partition coefficient (Wildman–Crippen LogP) is 4.39. The first-order valence-corrected chi connectivity index (χ1v) is 6.53. The number of hydrogen-bond acceptors (Lipinski definition) is 3. The molecule has 0 radical (unpaired) electrons. The van der Waals surface area contributed by atoms with E-state index in [1.165, 1.54) is 12.1 Å². The minimum atomic E-state index is -0.432. The van der Waals surface area contributed by atoms with E-state index in [1.807, 2.05) is 22.6 Å². The summed E-state index contributed by atoms with van der Waals surface area (Å²) in [5.74, 6) is -0.290. The van der Waals surface area contributed by atoms with Crippen LogP contribution < -0.4 is 5.32 Å². The Hall–Kier alpha value is -1.70. The molecule has 0 aliphatic heterocycles. The SMILES string of the molecule is Cc1c(F)cccc1Nc1ccc([N+](=O)[O-])c(I)c1. The smallest absolute Gasteiger partial charge is 0.282 e. The molecule has 0 heterocycles. The third kappa shape index (κ3) is 3.01. The van der Waals surface area contributed by atoms with Crippen LogP contribution in [-0.2, 0) is 0 Å². The molecule has 0 bridgehead atoms. The number of benzene rings is 2. The zero-order valence-electron chi connectivity index (χ0n) is 9.98. The fourth-order valence-electron chi connectivity index (χ4n) is 1.63. The molecule has 0 saturated carbocycles. The second-order valence-electron chi connectivity index (χ2n) is 3.96. The number of halogens is 2. The summed E-state index contributed by atoms with van der Waals surface area (Å²) in [6, 6.07) is 9.44. The lowest BCUT2D eigenvalue weighted by Gasteiger charge is -2.10. The monoisotopic (exact) mass is 372 g/mol. The Bertz CT molecular complexity index is 647. The van der Waals surface area contributed by atoms with Gasteiger partial charge in [-0.2, -0.15) is 0 Å². The second-order valence-corrected chi connectivity index (χ2v) is 5.12. The van der Waals surface area contributed by atoms with Crippen molar-refractivity contribution < 1.29 is 9.31 Å². The largest absolute Gasteiger partial charge is 0.355 e. The molecule has 2 rings (SSSR count). The van der Waals surface area contributed by atoms with Gasteiger partial charge in [0.15, 0.2) is 0 Å². The van der Waals surface area contributed by atoms with E-state index in [4.69, 9.17) is 0 Å². The molecule has 0 spiro atoms. The Morgan fingerprint density at radius 2 is 2.05 bits per heavy atom. The van der Waals surface area contributed by atoms with Gasteiger partial charge in [-0.3, -0.25) is 10.1 Å². The molecule has 98 valence electrons. The van der Waals surface area contributed by atoms with Crippen molar-refractivity contribution in [3.8, 4) is 0 Å². The zero-order chi connectivity index (χ0) is 14.0. The molecule has 19 heavy (non-hydrogen) atoms. The van der Waals surface area contributed by atoms with E-state index in [-0.39, 0.29) is 11.5 Å². The van der Waals surface area contributed by atoms with Crippen molar-refractivity contribution in [1.82, 2.24) is 0 Å². The van der Waals surface area contributed by atoms with Crippen LogP contribution in [0, 0.1) is 26.4 Å². The van der Waals surface area contributed by atoms with Gasteiger partial charge in [0.25, 0.3) is 5.69 Å². The molecule has 0 aromatic heterocycles. The maximum Gasteiger partial charge on any atom is 0.282 e. The van der Waals surface area contributed by atoms with Crippen molar-refractivity contribution in [3.63, 3.8) is 0 Å². The summed E-state index contributed by atoms with van der Waals surface area (Å²) < 4.78 is 13.9. The standard InChI is InChI=1S/C13H10FIN2O2/c1-8-10(14)3-2-4-12(8)16-9-5-6-13(17(18)19)11(15)7-9/h2-7,16H,1H3. The molecule has 0 aliphatic carbocycles. The molecular formula is C13H10FIN2O2. The molecule has 0 unspecified atom stereocenters. The lowest BCUT2D eigenvalue weighted by atomic mass is 10.2. The molecular weight excluding hydrogens is 362 g/mol. The third-order valence-electron chi connectivity index (χ3n) is 2.69. The lowest BCUT2D eigenvalue weighted by Crippen LogP contribution is -1.97.